The van der Waals surface area contributed by atoms with Crippen molar-refractivity contribution in [2.75, 3.05) is 27.4 Å². The predicted molar refractivity (Wildman–Crippen MR) is 245 cm³/mol. The molecule has 0 spiro atoms. The molecule has 7 rings (SSSR count). The van der Waals surface area contributed by atoms with Crippen molar-refractivity contribution in [3.8, 4) is 11.5 Å². The van der Waals surface area contributed by atoms with E-state index in [-0.39, 0.29) is 12.2 Å². The summed E-state index contributed by atoms with van der Waals surface area (Å²) in [4.78, 5) is 13.2. The standard InChI is InChI=1S/C54H77NO6/c1-37(2)12-11-13-38(3)48-26-27-49-47-25-20-42-36-46(28-32-52(42,4)50(47)29-33-53(48,49)5)61-51(57)55-34-30-43(56)31-35-60-54(39-14-9-8-10-15-39,40-16-21-44(58-6)22-17-40)41-18-23-45(59-7)24-19-41/h8-10,14-19,21-24,37-38,42-43,46-50,56H,11-13,20,25-36H2,1-7H3,(H,55,57)/t38?,42?,43?,46-,47?,48?,49?,50?,52-,53+/m1/s1. The summed E-state index contributed by atoms with van der Waals surface area (Å²) in [5, 5.41) is 14.1. The first kappa shape index (κ1) is 45.5. The molecule has 4 aliphatic carbocycles. The van der Waals surface area contributed by atoms with Gasteiger partial charge in [-0.2, -0.15) is 0 Å². The fraction of sp³-hybridized carbons (Fsp3) is 0.648. The van der Waals surface area contributed by atoms with Crippen molar-refractivity contribution in [1.29, 1.82) is 0 Å². The predicted octanol–water partition coefficient (Wildman–Crippen LogP) is 12.4. The lowest BCUT2D eigenvalue weighted by Gasteiger charge is -2.61. The van der Waals surface area contributed by atoms with Crippen LogP contribution in [0.25, 0.3) is 0 Å². The van der Waals surface area contributed by atoms with E-state index in [2.05, 4.69) is 52.1 Å². The molecular formula is C54H77NO6. The molecule has 2 N–H and O–H groups in total. The first-order valence-corrected chi connectivity index (χ1v) is 24.0. The van der Waals surface area contributed by atoms with Crippen molar-refractivity contribution in [2.24, 2.45) is 52.3 Å². The molecule has 3 aromatic carbocycles. The Kier molecular flexibility index (Phi) is 14.8. The molecule has 7 heteroatoms. The van der Waals surface area contributed by atoms with Crippen molar-refractivity contribution < 1.29 is 28.8 Å². The number of ether oxygens (including phenoxy) is 4. The summed E-state index contributed by atoms with van der Waals surface area (Å²) in [5.41, 5.74) is 2.79. The Balaban J connectivity index is 0.895. The smallest absolute Gasteiger partial charge is 0.407 e. The van der Waals surface area contributed by atoms with Crippen LogP contribution in [0.2, 0.25) is 0 Å². The van der Waals surface area contributed by atoms with E-state index in [4.69, 9.17) is 18.9 Å². The quantitative estimate of drug-likeness (QED) is 0.124. The molecule has 0 aromatic heterocycles. The van der Waals surface area contributed by atoms with E-state index >= 15 is 0 Å². The van der Waals surface area contributed by atoms with Gasteiger partial charge in [0.25, 0.3) is 0 Å². The van der Waals surface area contributed by atoms with Crippen LogP contribution in [0, 0.1) is 52.3 Å². The van der Waals surface area contributed by atoms with E-state index in [1.807, 2.05) is 66.7 Å². The van der Waals surface area contributed by atoms with E-state index in [0.717, 1.165) is 83.0 Å². The van der Waals surface area contributed by atoms with E-state index in [1.165, 1.54) is 57.8 Å². The maximum Gasteiger partial charge on any atom is 0.407 e. The third-order valence-corrected chi connectivity index (χ3v) is 16.8. The summed E-state index contributed by atoms with van der Waals surface area (Å²) in [6, 6.07) is 26.1. The summed E-state index contributed by atoms with van der Waals surface area (Å²) in [6.07, 6.45) is 15.3. The van der Waals surface area contributed by atoms with Gasteiger partial charge in [0.1, 0.15) is 23.2 Å². The number of alkyl carbamates (subject to hydrolysis) is 1. The Bertz CT molecular complexity index is 1780. The second-order valence-electron chi connectivity index (χ2n) is 20.5. The number of fused-ring (bicyclic) bond motifs is 5. The number of carbonyl (C=O) groups is 1. The first-order chi connectivity index (χ1) is 29.4. The number of nitrogens with one attached hydrogen (secondary N) is 1. The van der Waals surface area contributed by atoms with E-state index in [0.29, 0.717) is 42.7 Å². The normalized spacial score (nSPS) is 29.5. The number of carbonyl (C=O) groups excluding carboxylic acids is 1. The van der Waals surface area contributed by atoms with Crippen LogP contribution in [0.5, 0.6) is 11.5 Å². The van der Waals surface area contributed by atoms with Gasteiger partial charge >= 0.3 is 6.09 Å². The number of benzene rings is 3. The van der Waals surface area contributed by atoms with Gasteiger partial charge in [0.15, 0.2) is 0 Å². The average molecular weight is 836 g/mol. The maximum atomic E-state index is 13.2. The molecule has 0 bridgehead atoms. The van der Waals surface area contributed by atoms with Gasteiger partial charge in [-0.3, -0.25) is 0 Å². The highest BCUT2D eigenvalue weighted by Crippen LogP contribution is 2.68. The average Bonchev–Trinajstić information content (AvgIpc) is 3.63. The Morgan fingerprint density at radius 3 is 2.00 bits per heavy atom. The molecule has 4 aliphatic rings. The molecule has 4 fully saturated rings. The molecule has 0 aliphatic heterocycles. The maximum absolute atomic E-state index is 13.2. The Morgan fingerprint density at radius 2 is 1.36 bits per heavy atom. The van der Waals surface area contributed by atoms with Crippen molar-refractivity contribution in [1.82, 2.24) is 5.32 Å². The molecule has 0 radical (unpaired) electrons. The second kappa shape index (κ2) is 19.9. The van der Waals surface area contributed by atoms with E-state index in [1.54, 1.807) is 14.2 Å². The molecule has 7 unspecified atom stereocenters. The fourth-order valence-electron chi connectivity index (χ4n) is 13.5. The minimum atomic E-state index is -0.945. The van der Waals surface area contributed by atoms with Gasteiger partial charge in [-0.25, -0.2) is 4.79 Å². The molecule has 0 saturated heterocycles. The Labute approximate surface area is 368 Å². The lowest BCUT2D eigenvalue weighted by atomic mass is 9.44. The number of rotatable bonds is 18. The SMILES string of the molecule is COc1ccc(C(OCCC(O)CCNC(=O)O[C@@H]2CC[C@]3(C)C(CCC4C5CCC(C(C)CCCC(C)C)[C@]5(C)CCC43)C2)(c2ccccc2)c2ccc(OC)cc2)cc1. The van der Waals surface area contributed by atoms with Gasteiger partial charge in [-0.05, 0) is 164 Å². The number of hydrogen-bond acceptors (Lipinski definition) is 6. The third kappa shape index (κ3) is 9.69. The van der Waals surface area contributed by atoms with Crippen molar-refractivity contribution >= 4 is 6.09 Å². The molecule has 0 heterocycles. The number of aliphatic hydroxyl groups is 1. The first-order valence-electron chi connectivity index (χ1n) is 24.0. The summed E-state index contributed by atoms with van der Waals surface area (Å²) >= 11 is 0. The van der Waals surface area contributed by atoms with E-state index in [9.17, 15) is 9.90 Å². The minimum absolute atomic E-state index is 0.0358. The largest absolute Gasteiger partial charge is 0.497 e. The van der Waals surface area contributed by atoms with Crippen LogP contribution < -0.4 is 14.8 Å². The number of methoxy groups -OCH3 is 2. The summed E-state index contributed by atoms with van der Waals surface area (Å²) in [6.45, 7) is 13.2. The van der Waals surface area contributed by atoms with Crippen LogP contribution in [0.3, 0.4) is 0 Å². The summed E-state index contributed by atoms with van der Waals surface area (Å²) in [5.74, 6) is 7.25. The van der Waals surface area contributed by atoms with Gasteiger partial charge < -0.3 is 29.4 Å². The third-order valence-electron chi connectivity index (χ3n) is 16.8. The molecule has 61 heavy (non-hydrogen) atoms. The van der Waals surface area contributed by atoms with Crippen LogP contribution in [-0.4, -0.2) is 50.8 Å². The van der Waals surface area contributed by atoms with Crippen LogP contribution in [0.15, 0.2) is 78.9 Å². The summed E-state index contributed by atoms with van der Waals surface area (Å²) < 4.78 is 24.0. The van der Waals surface area contributed by atoms with Crippen LogP contribution >= 0.6 is 0 Å². The highest BCUT2D eigenvalue weighted by molar-refractivity contribution is 5.67. The number of aliphatic hydroxyl groups excluding tert-OH is 1. The Morgan fingerprint density at radius 1 is 0.738 bits per heavy atom. The monoisotopic (exact) mass is 836 g/mol. The lowest BCUT2D eigenvalue weighted by Crippen LogP contribution is -2.54. The highest BCUT2D eigenvalue weighted by Gasteiger charge is 2.60. The zero-order valence-corrected chi connectivity index (χ0v) is 38.5. The van der Waals surface area contributed by atoms with Crippen LogP contribution in [0.4, 0.5) is 4.79 Å². The summed E-state index contributed by atoms with van der Waals surface area (Å²) in [7, 11) is 3.32. The van der Waals surface area contributed by atoms with Gasteiger partial charge in [0.2, 0.25) is 0 Å². The van der Waals surface area contributed by atoms with Gasteiger partial charge in [0.05, 0.1) is 26.9 Å². The minimum Gasteiger partial charge on any atom is -0.497 e. The molecule has 3 aromatic rings. The molecular weight excluding hydrogens is 759 g/mol. The van der Waals surface area contributed by atoms with Crippen molar-refractivity contribution in [3.05, 3.63) is 95.6 Å². The molecule has 7 nitrogen and oxygen atoms in total. The second-order valence-corrected chi connectivity index (χ2v) is 20.5. The Hall–Kier alpha value is -3.55. The number of amides is 1. The van der Waals surface area contributed by atoms with E-state index < -0.39 is 11.7 Å². The highest BCUT2D eigenvalue weighted by atomic mass is 16.6. The lowest BCUT2D eigenvalue weighted by molar-refractivity contribution is -0.129. The zero-order chi connectivity index (χ0) is 43.2. The molecule has 10 atom stereocenters. The van der Waals surface area contributed by atoms with Gasteiger partial charge in [-0.15, -0.1) is 0 Å². The van der Waals surface area contributed by atoms with Crippen LogP contribution in [0.1, 0.15) is 141 Å². The van der Waals surface area contributed by atoms with Crippen molar-refractivity contribution in [3.63, 3.8) is 0 Å². The molecule has 1 amide bonds. The number of hydrogen-bond donors (Lipinski definition) is 2. The van der Waals surface area contributed by atoms with Gasteiger partial charge in [-0.1, -0.05) is 108 Å². The molecule has 4 saturated carbocycles. The van der Waals surface area contributed by atoms with Crippen LogP contribution in [-0.2, 0) is 15.1 Å². The topological polar surface area (TPSA) is 86.2 Å². The fourth-order valence-corrected chi connectivity index (χ4v) is 13.5. The molecule has 334 valence electrons. The van der Waals surface area contributed by atoms with Gasteiger partial charge in [0, 0.05) is 6.54 Å². The zero-order valence-electron chi connectivity index (χ0n) is 38.5. The van der Waals surface area contributed by atoms with Crippen molar-refractivity contribution in [2.45, 2.75) is 142 Å².